The van der Waals surface area contributed by atoms with Crippen LogP contribution in [0.2, 0.25) is 0 Å². The number of aryl methyl sites for hydroxylation is 1. The lowest BCUT2D eigenvalue weighted by molar-refractivity contribution is 0.286. The first-order valence-corrected chi connectivity index (χ1v) is 6.78. The molecule has 102 valence electrons. The topological polar surface area (TPSA) is 29.3 Å². The molecular weight excluding hydrogens is 248 g/mol. The normalized spacial score (nSPS) is 11.3. The molecule has 0 radical (unpaired) electrons. The van der Waals surface area contributed by atoms with Gasteiger partial charge in [0.2, 0.25) is 0 Å². The van der Waals surface area contributed by atoms with Crippen LogP contribution in [0.3, 0.4) is 0 Å². The summed E-state index contributed by atoms with van der Waals surface area (Å²) in [6.07, 6.45) is 3.76. The summed E-state index contributed by atoms with van der Waals surface area (Å²) in [6.45, 7) is 3.68. The monoisotopic (exact) mass is 266 g/mol. The molecule has 0 saturated carbocycles. The molecule has 0 atom stereocenters. The Morgan fingerprint density at radius 1 is 1.10 bits per heavy atom. The highest BCUT2D eigenvalue weighted by Gasteiger charge is 2.07. The highest BCUT2D eigenvalue weighted by atomic mass is 16.3. The highest BCUT2D eigenvalue weighted by Crippen LogP contribution is 2.19. The van der Waals surface area contributed by atoms with Crippen molar-refractivity contribution in [3.63, 3.8) is 0 Å². The Kier molecular flexibility index (Phi) is 3.52. The van der Waals surface area contributed by atoms with Gasteiger partial charge in [-0.05, 0) is 43.1 Å². The van der Waals surface area contributed by atoms with Gasteiger partial charge in [0.1, 0.15) is 11.5 Å². The second kappa shape index (κ2) is 5.47. The quantitative estimate of drug-likeness (QED) is 0.720. The van der Waals surface area contributed by atoms with E-state index in [1.54, 1.807) is 0 Å². The standard InChI is InChI=1S/C17H18N2O/c1-13-6-7-16(20-13)12-19(2)11-15-5-3-4-14-10-18-9-8-17(14)15/h3-10H,11-12H2,1-2H3. The van der Waals surface area contributed by atoms with Crippen LogP contribution in [0.4, 0.5) is 0 Å². The summed E-state index contributed by atoms with van der Waals surface area (Å²) in [5.41, 5.74) is 1.32. The Balaban J connectivity index is 1.79. The van der Waals surface area contributed by atoms with Gasteiger partial charge in [-0.2, -0.15) is 0 Å². The molecule has 0 amide bonds. The molecule has 3 rings (SSSR count). The van der Waals surface area contributed by atoms with Crippen LogP contribution in [0.25, 0.3) is 10.8 Å². The zero-order chi connectivity index (χ0) is 13.9. The number of furan rings is 1. The summed E-state index contributed by atoms with van der Waals surface area (Å²) in [7, 11) is 2.11. The zero-order valence-corrected chi connectivity index (χ0v) is 11.8. The van der Waals surface area contributed by atoms with Crippen molar-refractivity contribution in [1.29, 1.82) is 0 Å². The molecular formula is C17H18N2O. The molecule has 0 N–H and O–H groups in total. The van der Waals surface area contributed by atoms with Crippen molar-refractivity contribution in [2.45, 2.75) is 20.0 Å². The van der Waals surface area contributed by atoms with Crippen LogP contribution in [0.5, 0.6) is 0 Å². The van der Waals surface area contributed by atoms with Gasteiger partial charge in [0.25, 0.3) is 0 Å². The number of fused-ring (bicyclic) bond motifs is 1. The van der Waals surface area contributed by atoms with E-state index in [1.807, 2.05) is 31.5 Å². The molecule has 2 heterocycles. The van der Waals surface area contributed by atoms with Crippen LogP contribution in [-0.4, -0.2) is 16.9 Å². The van der Waals surface area contributed by atoms with E-state index in [0.717, 1.165) is 24.6 Å². The SMILES string of the molecule is Cc1ccc(CN(C)Cc2cccc3cnccc23)o1. The minimum Gasteiger partial charge on any atom is -0.465 e. The summed E-state index contributed by atoms with van der Waals surface area (Å²) in [5, 5.41) is 2.46. The largest absolute Gasteiger partial charge is 0.465 e. The van der Waals surface area contributed by atoms with E-state index < -0.39 is 0 Å². The fraction of sp³-hybridized carbons (Fsp3) is 0.235. The number of rotatable bonds is 4. The fourth-order valence-corrected chi connectivity index (χ4v) is 2.51. The lowest BCUT2D eigenvalue weighted by atomic mass is 10.1. The molecule has 0 unspecified atom stereocenters. The molecule has 0 fully saturated rings. The first-order chi connectivity index (χ1) is 9.72. The highest BCUT2D eigenvalue weighted by molar-refractivity contribution is 5.84. The Morgan fingerprint density at radius 3 is 2.80 bits per heavy atom. The van der Waals surface area contributed by atoms with Crippen LogP contribution in [-0.2, 0) is 13.1 Å². The van der Waals surface area contributed by atoms with Crippen LogP contribution in [0.15, 0.2) is 53.2 Å². The van der Waals surface area contributed by atoms with Crippen molar-refractivity contribution in [1.82, 2.24) is 9.88 Å². The lowest BCUT2D eigenvalue weighted by Crippen LogP contribution is -2.17. The minimum absolute atomic E-state index is 0.815. The molecule has 0 aliphatic heterocycles. The number of pyridine rings is 1. The van der Waals surface area contributed by atoms with E-state index >= 15 is 0 Å². The Bertz CT molecular complexity index is 712. The second-order valence-electron chi connectivity index (χ2n) is 5.20. The molecule has 3 heteroatoms. The summed E-state index contributed by atoms with van der Waals surface area (Å²) in [6, 6.07) is 12.5. The van der Waals surface area contributed by atoms with Gasteiger partial charge in [0, 0.05) is 24.3 Å². The molecule has 2 aromatic heterocycles. The average molecular weight is 266 g/mol. The van der Waals surface area contributed by atoms with Crippen LogP contribution in [0.1, 0.15) is 17.1 Å². The van der Waals surface area contributed by atoms with Crippen molar-refractivity contribution in [2.24, 2.45) is 0 Å². The molecule has 3 nitrogen and oxygen atoms in total. The van der Waals surface area contributed by atoms with Crippen molar-refractivity contribution in [3.8, 4) is 0 Å². The molecule has 3 aromatic rings. The Morgan fingerprint density at radius 2 is 2.00 bits per heavy atom. The average Bonchev–Trinajstić information content (AvgIpc) is 2.84. The van der Waals surface area contributed by atoms with Crippen LogP contribution >= 0.6 is 0 Å². The number of nitrogens with zero attached hydrogens (tertiary/aromatic N) is 2. The first-order valence-electron chi connectivity index (χ1n) is 6.78. The Hall–Kier alpha value is -2.13. The van der Waals surface area contributed by atoms with Crippen molar-refractivity contribution >= 4 is 10.8 Å². The lowest BCUT2D eigenvalue weighted by Gasteiger charge is -2.16. The van der Waals surface area contributed by atoms with Gasteiger partial charge in [-0.1, -0.05) is 18.2 Å². The van der Waals surface area contributed by atoms with Gasteiger partial charge in [-0.3, -0.25) is 9.88 Å². The third kappa shape index (κ3) is 2.73. The van der Waals surface area contributed by atoms with E-state index in [4.69, 9.17) is 4.42 Å². The van der Waals surface area contributed by atoms with Crippen LogP contribution in [0, 0.1) is 6.92 Å². The molecule has 0 bridgehead atoms. The van der Waals surface area contributed by atoms with E-state index in [9.17, 15) is 0 Å². The number of hydrogen-bond acceptors (Lipinski definition) is 3. The summed E-state index contributed by atoms with van der Waals surface area (Å²) < 4.78 is 5.63. The number of benzene rings is 1. The summed E-state index contributed by atoms with van der Waals surface area (Å²) in [5.74, 6) is 1.97. The van der Waals surface area contributed by atoms with Gasteiger partial charge in [0.05, 0.1) is 6.54 Å². The van der Waals surface area contributed by atoms with Gasteiger partial charge in [-0.15, -0.1) is 0 Å². The van der Waals surface area contributed by atoms with Gasteiger partial charge < -0.3 is 4.42 Å². The number of aromatic nitrogens is 1. The van der Waals surface area contributed by atoms with Gasteiger partial charge in [0.15, 0.2) is 0 Å². The van der Waals surface area contributed by atoms with E-state index in [-0.39, 0.29) is 0 Å². The second-order valence-corrected chi connectivity index (χ2v) is 5.20. The molecule has 1 aromatic carbocycles. The minimum atomic E-state index is 0.815. The Labute approximate surface area is 118 Å². The smallest absolute Gasteiger partial charge is 0.118 e. The fourth-order valence-electron chi connectivity index (χ4n) is 2.51. The zero-order valence-electron chi connectivity index (χ0n) is 11.8. The van der Waals surface area contributed by atoms with Crippen LogP contribution < -0.4 is 0 Å². The molecule has 0 aliphatic rings. The molecule has 0 saturated heterocycles. The van der Waals surface area contributed by atoms with Gasteiger partial charge in [-0.25, -0.2) is 0 Å². The third-order valence-electron chi connectivity index (χ3n) is 3.43. The molecule has 20 heavy (non-hydrogen) atoms. The molecule has 0 aliphatic carbocycles. The number of hydrogen-bond donors (Lipinski definition) is 0. The summed E-state index contributed by atoms with van der Waals surface area (Å²) in [4.78, 5) is 6.43. The van der Waals surface area contributed by atoms with E-state index in [0.29, 0.717) is 0 Å². The van der Waals surface area contributed by atoms with E-state index in [2.05, 4.69) is 41.2 Å². The first kappa shape index (κ1) is 12.9. The van der Waals surface area contributed by atoms with Crippen molar-refractivity contribution < 1.29 is 4.42 Å². The predicted octanol–water partition coefficient (Wildman–Crippen LogP) is 3.77. The third-order valence-corrected chi connectivity index (χ3v) is 3.43. The maximum absolute atomic E-state index is 5.63. The summed E-state index contributed by atoms with van der Waals surface area (Å²) >= 11 is 0. The van der Waals surface area contributed by atoms with E-state index in [1.165, 1.54) is 16.3 Å². The maximum atomic E-state index is 5.63. The molecule has 0 spiro atoms. The predicted molar refractivity (Wildman–Crippen MR) is 80.4 cm³/mol. The van der Waals surface area contributed by atoms with Crippen molar-refractivity contribution in [2.75, 3.05) is 7.05 Å². The maximum Gasteiger partial charge on any atom is 0.118 e. The van der Waals surface area contributed by atoms with Crippen molar-refractivity contribution in [3.05, 3.63) is 65.9 Å². The van der Waals surface area contributed by atoms with Gasteiger partial charge >= 0.3 is 0 Å².